The SMILES string of the molecule is CN1CCc2c(C(F)(F)F)nn(Cc3ccc(F)cc3)c2C1. The molecular weight excluding hydrogens is 298 g/mol. The molecule has 7 heteroatoms. The van der Waals surface area contributed by atoms with Gasteiger partial charge in [-0.1, -0.05) is 12.1 Å². The molecule has 0 atom stereocenters. The number of rotatable bonds is 2. The van der Waals surface area contributed by atoms with Crippen LogP contribution in [-0.2, 0) is 25.7 Å². The standard InChI is InChI=1S/C15H15F4N3/c1-21-7-6-12-13(9-21)22(20-14(12)15(17,18)19)8-10-2-4-11(16)5-3-10/h2-5H,6-9H2,1H3. The predicted octanol–water partition coefficient (Wildman–Crippen LogP) is 3.08. The van der Waals surface area contributed by atoms with Crippen LogP contribution in [0.25, 0.3) is 0 Å². The van der Waals surface area contributed by atoms with Crippen molar-refractivity contribution in [3.05, 3.63) is 52.6 Å². The van der Waals surface area contributed by atoms with Crippen LogP contribution in [0.4, 0.5) is 17.6 Å². The van der Waals surface area contributed by atoms with Gasteiger partial charge in [0.05, 0.1) is 12.2 Å². The van der Waals surface area contributed by atoms with Gasteiger partial charge >= 0.3 is 6.18 Å². The Balaban J connectivity index is 2.00. The highest BCUT2D eigenvalue weighted by Crippen LogP contribution is 2.35. The van der Waals surface area contributed by atoms with Crippen LogP contribution < -0.4 is 0 Å². The number of nitrogens with zero attached hydrogens (tertiary/aromatic N) is 3. The molecule has 0 aliphatic carbocycles. The van der Waals surface area contributed by atoms with Gasteiger partial charge in [0.15, 0.2) is 5.69 Å². The molecule has 0 fully saturated rings. The summed E-state index contributed by atoms with van der Waals surface area (Å²) < 4.78 is 53.7. The molecular formula is C15H15F4N3. The second-order valence-corrected chi connectivity index (χ2v) is 5.54. The van der Waals surface area contributed by atoms with E-state index in [1.54, 1.807) is 12.1 Å². The van der Waals surface area contributed by atoms with Crippen molar-refractivity contribution in [3.63, 3.8) is 0 Å². The number of fused-ring (bicyclic) bond motifs is 1. The first-order valence-corrected chi connectivity index (χ1v) is 6.93. The summed E-state index contributed by atoms with van der Waals surface area (Å²) in [5.41, 5.74) is 0.796. The zero-order valence-electron chi connectivity index (χ0n) is 12.0. The molecule has 2 aromatic rings. The van der Waals surface area contributed by atoms with Gasteiger partial charge in [0, 0.05) is 18.7 Å². The van der Waals surface area contributed by atoms with Gasteiger partial charge in [-0.15, -0.1) is 0 Å². The average molecular weight is 313 g/mol. The van der Waals surface area contributed by atoms with Crippen molar-refractivity contribution in [2.45, 2.75) is 25.7 Å². The maximum Gasteiger partial charge on any atom is 0.435 e. The predicted molar refractivity (Wildman–Crippen MR) is 72.8 cm³/mol. The molecule has 1 aliphatic heterocycles. The topological polar surface area (TPSA) is 21.1 Å². The van der Waals surface area contributed by atoms with Crippen LogP contribution in [-0.4, -0.2) is 28.3 Å². The summed E-state index contributed by atoms with van der Waals surface area (Å²) in [5.74, 6) is -0.373. The monoisotopic (exact) mass is 313 g/mol. The quantitative estimate of drug-likeness (QED) is 0.795. The molecule has 0 bridgehead atoms. The van der Waals surface area contributed by atoms with E-state index >= 15 is 0 Å². The van der Waals surface area contributed by atoms with E-state index in [-0.39, 0.29) is 17.9 Å². The van der Waals surface area contributed by atoms with Crippen molar-refractivity contribution in [1.82, 2.24) is 14.7 Å². The van der Waals surface area contributed by atoms with E-state index < -0.39 is 11.9 Å². The van der Waals surface area contributed by atoms with Crippen LogP contribution in [0.15, 0.2) is 24.3 Å². The normalized spacial score (nSPS) is 15.9. The smallest absolute Gasteiger partial charge is 0.300 e. The Morgan fingerprint density at radius 3 is 2.50 bits per heavy atom. The van der Waals surface area contributed by atoms with Crippen LogP contribution in [0.3, 0.4) is 0 Å². The Morgan fingerprint density at radius 1 is 1.18 bits per heavy atom. The van der Waals surface area contributed by atoms with E-state index in [9.17, 15) is 17.6 Å². The third-order valence-corrected chi connectivity index (χ3v) is 3.84. The first-order chi connectivity index (χ1) is 10.3. The minimum Gasteiger partial charge on any atom is -0.300 e. The number of hydrogen-bond acceptors (Lipinski definition) is 2. The zero-order chi connectivity index (χ0) is 15.9. The Hall–Kier alpha value is -1.89. The maximum atomic E-state index is 13.1. The minimum atomic E-state index is -4.45. The van der Waals surface area contributed by atoms with Gasteiger partial charge in [-0.2, -0.15) is 18.3 Å². The molecule has 2 heterocycles. The van der Waals surface area contributed by atoms with Crippen LogP contribution in [0.5, 0.6) is 0 Å². The molecule has 1 aromatic heterocycles. The summed E-state index contributed by atoms with van der Waals surface area (Å²) in [6.45, 7) is 1.21. The number of likely N-dealkylation sites (N-methyl/N-ethyl adjacent to an activating group) is 1. The highest BCUT2D eigenvalue weighted by atomic mass is 19.4. The molecule has 3 nitrogen and oxygen atoms in total. The number of benzene rings is 1. The van der Waals surface area contributed by atoms with E-state index in [1.807, 2.05) is 11.9 Å². The van der Waals surface area contributed by atoms with Gasteiger partial charge in [0.25, 0.3) is 0 Å². The lowest BCUT2D eigenvalue weighted by molar-refractivity contribution is -0.142. The van der Waals surface area contributed by atoms with Crippen LogP contribution in [0.2, 0.25) is 0 Å². The molecule has 0 saturated heterocycles. The van der Waals surface area contributed by atoms with Gasteiger partial charge in [0.2, 0.25) is 0 Å². The van der Waals surface area contributed by atoms with Crippen LogP contribution >= 0.6 is 0 Å². The van der Waals surface area contributed by atoms with E-state index in [4.69, 9.17) is 0 Å². The van der Waals surface area contributed by atoms with Gasteiger partial charge in [-0.05, 0) is 31.2 Å². The summed E-state index contributed by atoms with van der Waals surface area (Å²) in [6, 6.07) is 5.70. The third-order valence-electron chi connectivity index (χ3n) is 3.84. The number of alkyl halides is 3. The second-order valence-electron chi connectivity index (χ2n) is 5.54. The second kappa shape index (κ2) is 5.39. The summed E-state index contributed by atoms with van der Waals surface area (Å²) in [6.07, 6.45) is -4.11. The Bertz CT molecular complexity index is 673. The molecule has 3 rings (SSSR count). The van der Waals surface area contributed by atoms with Gasteiger partial charge in [-0.3, -0.25) is 4.68 Å². The largest absolute Gasteiger partial charge is 0.435 e. The fourth-order valence-corrected chi connectivity index (χ4v) is 2.73. The molecule has 0 saturated carbocycles. The fraction of sp³-hybridized carbons (Fsp3) is 0.400. The zero-order valence-corrected chi connectivity index (χ0v) is 12.0. The first-order valence-electron chi connectivity index (χ1n) is 6.93. The molecule has 0 spiro atoms. The number of hydrogen-bond donors (Lipinski definition) is 0. The maximum absolute atomic E-state index is 13.1. The van der Waals surface area contributed by atoms with Gasteiger partial charge < -0.3 is 4.90 Å². The summed E-state index contributed by atoms with van der Waals surface area (Å²) in [4.78, 5) is 1.96. The number of aromatic nitrogens is 2. The third kappa shape index (κ3) is 2.85. The van der Waals surface area contributed by atoms with E-state index in [0.717, 1.165) is 0 Å². The van der Waals surface area contributed by atoms with Gasteiger partial charge in [-0.25, -0.2) is 4.39 Å². The molecule has 118 valence electrons. The van der Waals surface area contributed by atoms with Crippen molar-refractivity contribution in [2.75, 3.05) is 13.6 Å². The van der Waals surface area contributed by atoms with Crippen molar-refractivity contribution in [1.29, 1.82) is 0 Å². The highest BCUT2D eigenvalue weighted by Gasteiger charge is 2.40. The van der Waals surface area contributed by atoms with Crippen molar-refractivity contribution in [2.24, 2.45) is 0 Å². The number of halogens is 4. The molecule has 1 aliphatic rings. The summed E-state index contributed by atoms with van der Waals surface area (Å²) in [7, 11) is 1.87. The van der Waals surface area contributed by atoms with Crippen molar-refractivity contribution < 1.29 is 17.6 Å². The minimum absolute atomic E-state index is 0.201. The van der Waals surface area contributed by atoms with E-state index in [0.29, 0.717) is 30.8 Å². The lowest BCUT2D eigenvalue weighted by atomic mass is 10.0. The van der Waals surface area contributed by atoms with Crippen LogP contribution in [0, 0.1) is 5.82 Å². The fourth-order valence-electron chi connectivity index (χ4n) is 2.73. The van der Waals surface area contributed by atoms with Gasteiger partial charge in [0.1, 0.15) is 5.82 Å². The van der Waals surface area contributed by atoms with E-state index in [2.05, 4.69) is 5.10 Å². The molecule has 0 unspecified atom stereocenters. The lowest BCUT2D eigenvalue weighted by Gasteiger charge is -2.24. The molecule has 1 aromatic carbocycles. The molecule has 0 radical (unpaired) electrons. The summed E-state index contributed by atoms with van der Waals surface area (Å²) >= 11 is 0. The first kappa shape index (κ1) is 15.0. The molecule has 0 amide bonds. The highest BCUT2D eigenvalue weighted by molar-refractivity contribution is 5.31. The average Bonchev–Trinajstić information content (AvgIpc) is 2.79. The Morgan fingerprint density at radius 2 is 1.86 bits per heavy atom. The Kier molecular flexibility index (Phi) is 3.68. The van der Waals surface area contributed by atoms with Crippen molar-refractivity contribution >= 4 is 0 Å². The molecule has 22 heavy (non-hydrogen) atoms. The van der Waals surface area contributed by atoms with Crippen molar-refractivity contribution in [3.8, 4) is 0 Å². The Labute approximate surface area is 125 Å². The lowest BCUT2D eigenvalue weighted by Crippen LogP contribution is -2.28. The van der Waals surface area contributed by atoms with Crippen LogP contribution in [0.1, 0.15) is 22.5 Å². The van der Waals surface area contributed by atoms with E-state index in [1.165, 1.54) is 16.8 Å². The summed E-state index contributed by atoms with van der Waals surface area (Å²) in [5, 5.41) is 3.79. The molecule has 0 N–H and O–H groups in total.